The Morgan fingerprint density at radius 2 is 2.31 bits per heavy atom. The van der Waals surface area contributed by atoms with Gasteiger partial charge in [0.2, 0.25) is 0 Å². The van der Waals surface area contributed by atoms with Gasteiger partial charge in [-0.3, -0.25) is 4.79 Å². The molecule has 1 saturated carbocycles. The summed E-state index contributed by atoms with van der Waals surface area (Å²) >= 11 is 1.36. The van der Waals surface area contributed by atoms with Crippen LogP contribution in [0.1, 0.15) is 16.1 Å². The van der Waals surface area contributed by atoms with Crippen molar-refractivity contribution in [3.05, 3.63) is 22.4 Å². The van der Waals surface area contributed by atoms with Crippen LogP contribution in [0.15, 0.2) is 17.5 Å². The molecule has 2 heterocycles. The van der Waals surface area contributed by atoms with Crippen LogP contribution in [0.3, 0.4) is 0 Å². The molecule has 0 bridgehead atoms. The summed E-state index contributed by atoms with van der Waals surface area (Å²) in [7, 11) is 0. The molecule has 5 heteroatoms. The number of thiophene rings is 1. The molecule has 3 atom stereocenters. The fraction of sp³-hybridized carbons (Fsp3) is 0.455. The summed E-state index contributed by atoms with van der Waals surface area (Å²) < 4.78 is 0. The number of carboxylic acids is 1. The number of piperidine rings is 1. The minimum Gasteiger partial charge on any atom is -0.480 e. The van der Waals surface area contributed by atoms with Crippen LogP contribution in [0.2, 0.25) is 0 Å². The maximum atomic E-state index is 12.1. The number of amides is 1. The molecule has 0 aromatic carbocycles. The van der Waals surface area contributed by atoms with Crippen LogP contribution >= 0.6 is 11.3 Å². The Kier molecular flexibility index (Phi) is 2.04. The summed E-state index contributed by atoms with van der Waals surface area (Å²) in [5, 5.41) is 11.0. The van der Waals surface area contributed by atoms with Crippen molar-refractivity contribution in [1.82, 2.24) is 4.90 Å². The summed E-state index contributed by atoms with van der Waals surface area (Å²) in [6.45, 7) is 0.609. The molecule has 4 nitrogen and oxygen atoms in total. The summed E-state index contributed by atoms with van der Waals surface area (Å²) in [6, 6.07) is 2.96. The fourth-order valence-corrected chi connectivity index (χ4v) is 3.21. The lowest BCUT2D eigenvalue weighted by molar-refractivity contribution is -0.142. The minimum absolute atomic E-state index is 0.130. The monoisotopic (exact) mass is 237 g/mol. The van der Waals surface area contributed by atoms with Crippen molar-refractivity contribution in [2.24, 2.45) is 11.8 Å². The first-order chi connectivity index (χ1) is 7.68. The molecule has 2 fully saturated rings. The second-order valence-electron chi connectivity index (χ2n) is 4.38. The van der Waals surface area contributed by atoms with E-state index in [4.69, 9.17) is 5.11 Å². The molecular weight excluding hydrogens is 226 g/mol. The Morgan fingerprint density at radius 3 is 2.94 bits per heavy atom. The standard InChI is InChI=1S/C11H11NO3S/c13-10(8-2-1-3-16-8)12-5-6-4-7(6)9(12)11(14)15/h1-3,6-7,9H,4-5H2,(H,14,15). The van der Waals surface area contributed by atoms with E-state index in [-0.39, 0.29) is 11.8 Å². The Morgan fingerprint density at radius 1 is 1.50 bits per heavy atom. The normalized spacial score (nSPS) is 31.2. The summed E-state index contributed by atoms with van der Waals surface area (Å²) in [5.41, 5.74) is 0. The molecule has 1 aromatic heterocycles. The van der Waals surface area contributed by atoms with Crippen LogP contribution in [-0.4, -0.2) is 34.5 Å². The number of aliphatic carboxylic acids is 1. The van der Waals surface area contributed by atoms with Gasteiger partial charge in [0.05, 0.1) is 4.88 Å². The van der Waals surface area contributed by atoms with Crippen LogP contribution < -0.4 is 0 Å². The van der Waals surface area contributed by atoms with Gasteiger partial charge < -0.3 is 10.0 Å². The van der Waals surface area contributed by atoms with E-state index in [0.717, 1.165) is 6.42 Å². The predicted octanol–water partition coefficient (Wildman–Crippen LogP) is 1.29. The van der Waals surface area contributed by atoms with Gasteiger partial charge in [0, 0.05) is 6.54 Å². The van der Waals surface area contributed by atoms with Crippen molar-refractivity contribution in [3.63, 3.8) is 0 Å². The largest absolute Gasteiger partial charge is 0.480 e. The maximum Gasteiger partial charge on any atom is 0.326 e. The fourth-order valence-electron chi connectivity index (χ4n) is 2.53. The number of carbonyl (C=O) groups is 2. The smallest absolute Gasteiger partial charge is 0.326 e. The summed E-state index contributed by atoms with van der Waals surface area (Å²) in [4.78, 5) is 25.3. The van der Waals surface area contributed by atoms with Crippen molar-refractivity contribution in [1.29, 1.82) is 0 Å². The van der Waals surface area contributed by atoms with Gasteiger partial charge in [0.1, 0.15) is 6.04 Å². The van der Waals surface area contributed by atoms with E-state index in [1.54, 1.807) is 6.07 Å². The first kappa shape index (κ1) is 9.84. The van der Waals surface area contributed by atoms with Crippen LogP contribution in [0.5, 0.6) is 0 Å². The molecule has 84 valence electrons. The number of rotatable bonds is 2. The number of nitrogens with zero attached hydrogens (tertiary/aromatic N) is 1. The van der Waals surface area contributed by atoms with Crippen molar-refractivity contribution < 1.29 is 14.7 Å². The van der Waals surface area contributed by atoms with Crippen LogP contribution in [0.25, 0.3) is 0 Å². The van der Waals surface area contributed by atoms with Gasteiger partial charge in [-0.1, -0.05) is 6.07 Å². The van der Waals surface area contributed by atoms with E-state index in [1.165, 1.54) is 16.2 Å². The molecular formula is C11H11NO3S. The number of fused-ring (bicyclic) bond motifs is 1. The van der Waals surface area contributed by atoms with E-state index in [9.17, 15) is 9.59 Å². The Labute approximate surface area is 96.5 Å². The molecule has 0 spiro atoms. The first-order valence-electron chi connectivity index (χ1n) is 5.26. The highest BCUT2D eigenvalue weighted by atomic mass is 32.1. The first-order valence-corrected chi connectivity index (χ1v) is 6.13. The Balaban J connectivity index is 1.85. The van der Waals surface area contributed by atoms with Gasteiger partial charge >= 0.3 is 5.97 Å². The Hall–Kier alpha value is -1.36. The zero-order valence-corrected chi connectivity index (χ0v) is 9.31. The lowest BCUT2D eigenvalue weighted by Gasteiger charge is -2.23. The van der Waals surface area contributed by atoms with E-state index in [2.05, 4.69) is 0 Å². The predicted molar refractivity (Wildman–Crippen MR) is 58.4 cm³/mol. The second kappa shape index (κ2) is 3.31. The third-order valence-electron chi connectivity index (χ3n) is 3.40. The number of hydrogen-bond donors (Lipinski definition) is 1. The highest BCUT2D eigenvalue weighted by Gasteiger charge is 2.57. The average Bonchev–Trinajstić information content (AvgIpc) is 2.72. The van der Waals surface area contributed by atoms with Gasteiger partial charge in [-0.15, -0.1) is 11.3 Å². The average molecular weight is 237 g/mol. The van der Waals surface area contributed by atoms with Crippen LogP contribution in [0, 0.1) is 11.8 Å². The molecule has 2 aliphatic rings. The number of carbonyl (C=O) groups excluding carboxylic acids is 1. The number of hydrogen-bond acceptors (Lipinski definition) is 3. The third kappa shape index (κ3) is 1.35. The molecule has 1 aliphatic heterocycles. The highest BCUT2D eigenvalue weighted by Crippen LogP contribution is 2.50. The molecule has 1 aliphatic carbocycles. The molecule has 1 saturated heterocycles. The maximum absolute atomic E-state index is 12.1. The molecule has 16 heavy (non-hydrogen) atoms. The van der Waals surface area contributed by atoms with Crippen molar-refractivity contribution in [3.8, 4) is 0 Å². The van der Waals surface area contributed by atoms with Gasteiger partial charge in [0.25, 0.3) is 5.91 Å². The van der Waals surface area contributed by atoms with E-state index in [0.29, 0.717) is 17.3 Å². The minimum atomic E-state index is -0.866. The molecule has 3 unspecified atom stereocenters. The van der Waals surface area contributed by atoms with Crippen molar-refractivity contribution in [2.75, 3.05) is 6.54 Å². The molecule has 3 rings (SSSR count). The van der Waals surface area contributed by atoms with Gasteiger partial charge in [-0.25, -0.2) is 4.79 Å². The summed E-state index contributed by atoms with van der Waals surface area (Å²) in [6.07, 6.45) is 0.963. The number of likely N-dealkylation sites (tertiary alicyclic amines) is 1. The summed E-state index contributed by atoms with van der Waals surface area (Å²) in [5.74, 6) is -0.379. The lowest BCUT2D eigenvalue weighted by atomic mass is 10.2. The molecule has 1 aromatic rings. The van der Waals surface area contributed by atoms with E-state index >= 15 is 0 Å². The van der Waals surface area contributed by atoms with Gasteiger partial charge in [-0.2, -0.15) is 0 Å². The van der Waals surface area contributed by atoms with Crippen LogP contribution in [0.4, 0.5) is 0 Å². The van der Waals surface area contributed by atoms with Gasteiger partial charge in [-0.05, 0) is 29.7 Å². The third-order valence-corrected chi connectivity index (χ3v) is 4.25. The molecule has 1 amide bonds. The highest BCUT2D eigenvalue weighted by molar-refractivity contribution is 7.12. The van der Waals surface area contributed by atoms with Crippen LogP contribution in [-0.2, 0) is 4.79 Å². The van der Waals surface area contributed by atoms with Crippen molar-refractivity contribution in [2.45, 2.75) is 12.5 Å². The molecule has 1 N–H and O–H groups in total. The quantitative estimate of drug-likeness (QED) is 0.843. The van der Waals surface area contributed by atoms with E-state index < -0.39 is 12.0 Å². The lowest BCUT2D eigenvalue weighted by Crippen LogP contribution is -2.43. The molecule has 0 radical (unpaired) electrons. The Bertz CT molecular complexity index is 442. The SMILES string of the molecule is O=C(O)C1C2CC2CN1C(=O)c1cccs1. The topological polar surface area (TPSA) is 57.6 Å². The zero-order valence-electron chi connectivity index (χ0n) is 8.50. The van der Waals surface area contributed by atoms with Gasteiger partial charge in [0.15, 0.2) is 0 Å². The van der Waals surface area contributed by atoms with E-state index in [1.807, 2.05) is 11.4 Å². The number of carboxylic acid groups (broad SMARTS) is 1. The van der Waals surface area contributed by atoms with Crippen molar-refractivity contribution >= 4 is 23.2 Å². The zero-order chi connectivity index (χ0) is 11.3. The second-order valence-corrected chi connectivity index (χ2v) is 5.33.